The maximum atomic E-state index is 12.0. The number of hydrogen-bond donors (Lipinski definition) is 1. The molecule has 0 spiro atoms. The minimum atomic E-state index is -0.0712. The first-order valence-electron chi connectivity index (χ1n) is 5.88. The lowest BCUT2D eigenvalue weighted by atomic mass is 9.88. The third-order valence-corrected chi connectivity index (χ3v) is 3.79. The lowest BCUT2D eigenvalue weighted by molar-refractivity contribution is -0.133. The van der Waals surface area contributed by atoms with Gasteiger partial charge in [0.05, 0.1) is 12.6 Å². The second-order valence-electron chi connectivity index (χ2n) is 4.76. The SMILES string of the molecule is NC1CCC2CN1C(=O)Cc1ccccc12. The van der Waals surface area contributed by atoms with Gasteiger partial charge in [0.2, 0.25) is 5.91 Å². The number of hydrogen-bond acceptors (Lipinski definition) is 2. The molecule has 3 nitrogen and oxygen atoms in total. The molecule has 2 unspecified atom stereocenters. The Labute approximate surface area is 95.2 Å². The summed E-state index contributed by atoms with van der Waals surface area (Å²) in [5, 5.41) is 0. The standard InChI is InChI=1S/C13H16N2O/c14-12-6-5-10-8-15(12)13(16)7-9-3-1-2-4-11(9)10/h1-4,10,12H,5-8,14H2. The van der Waals surface area contributed by atoms with Gasteiger partial charge < -0.3 is 10.6 Å². The number of rotatable bonds is 0. The van der Waals surface area contributed by atoms with E-state index in [0.29, 0.717) is 12.3 Å². The van der Waals surface area contributed by atoms with Crippen molar-refractivity contribution < 1.29 is 4.79 Å². The number of amides is 1. The second kappa shape index (κ2) is 3.59. The largest absolute Gasteiger partial charge is 0.326 e. The molecule has 1 aromatic carbocycles. The highest BCUT2D eigenvalue weighted by Gasteiger charge is 2.34. The van der Waals surface area contributed by atoms with Crippen molar-refractivity contribution in [2.45, 2.75) is 31.3 Å². The van der Waals surface area contributed by atoms with E-state index in [9.17, 15) is 4.79 Å². The van der Waals surface area contributed by atoms with Crippen molar-refractivity contribution in [3.63, 3.8) is 0 Å². The van der Waals surface area contributed by atoms with Crippen LogP contribution < -0.4 is 5.73 Å². The fourth-order valence-corrected chi connectivity index (χ4v) is 2.89. The maximum absolute atomic E-state index is 12.0. The molecule has 0 aliphatic carbocycles. The minimum Gasteiger partial charge on any atom is -0.326 e. The van der Waals surface area contributed by atoms with Gasteiger partial charge >= 0.3 is 0 Å². The summed E-state index contributed by atoms with van der Waals surface area (Å²) in [4.78, 5) is 13.9. The molecule has 2 aliphatic heterocycles. The first kappa shape index (κ1) is 9.85. The van der Waals surface area contributed by atoms with Crippen molar-refractivity contribution in [2.24, 2.45) is 5.73 Å². The highest BCUT2D eigenvalue weighted by atomic mass is 16.2. The van der Waals surface area contributed by atoms with Crippen LogP contribution in [0.25, 0.3) is 0 Å². The predicted octanol–water partition coefficient (Wildman–Crippen LogP) is 1.23. The van der Waals surface area contributed by atoms with Crippen LogP contribution in [0.15, 0.2) is 24.3 Å². The molecule has 2 N–H and O–H groups in total. The van der Waals surface area contributed by atoms with Crippen LogP contribution in [0.4, 0.5) is 0 Å². The maximum Gasteiger partial charge on any atom is 0.228 e. The van der Waals surface area contributed by atoms with E-state index >= 15 is 0 Å². The van der Waals surface area contributed by atoms with Crippen LogP contribution >= 0.6 is 0 Å². The van der Waals surface area contributed by atoms with E-state index in [0.717, 1.165) is 19.4 Å². The third kappa shape index (κ3) is 1.43. The van der Waals surface area contributed by atoms with Crippen molar-refractivity contribution in [2.75, 3.05) is 6.54 Å². The fourth-order valence-electron chi connectivity index (χ4n) is 2.89. The minimum absolute atomic E-state index is 0.0712. The Kier molecular flexibility index (Phi) is 2.21. The number of carbonyl (C=O) groups is 1. The van der Waals surface area contributed by atoms with Gasteiger partial charge in [-0.1, -0.05) is 24.3 Å². The molecule has 3 heteroatoms. The molecule has 1 aromatic rings. The molecule has 0 aromatic heterocycles. The zero-order valence-electron chi connectivity index (χ0n) is 9.23. The van der Waals surface area contributed by atoms with Crippen LogP contribution in [-0.2, 0) is 11.2 Å². The number of benzene rings is 1. The van der Waals surface area contributed by atoms with Crippen molar-refractivity contribution >= 4 is 5.91 Å². The average molecular weight is 216 g/mol. The van der Waals surface area contributed by atoms with E-state index in [1.165, 1.54) is 11.1 Å². The van der Waals surface area contributed by atoms with Crippen LogP contribution in [0.3, 0.4) is 0 Å². The number of carbonyl (C=O) groups excluding carboxylic acids is 1. The summed E-state index contributed by atoms with van der Waals surface area (Å²) < 4.78 is 0. The number of nitrogens with zero attached hydrogens (tertiary/aromatic N) is 1. The van der Waals surface area contributed by atoms with E-state index in [2.05, 4.69) is 18.2 Å². The first-order valence-corrected chi connectivity index (χ1v) is 5.88. The van der Waals surface area contributed by atoms with Crippen molar-refractivity contribution in [1.29, 1.82) is 0 Å². The van der Waals surface area contributed by atoms with E-state index in [4.69, 9.17) is 5.73 Å². The van der Waals surface area contributed by atoms with Gasteiger partial charge in [0.25, 0.3) is 0 Å². The molecule has 0 saturated carbocycles. The van der Waals surface area contributed by atoms with Gasteiger partial charge in [-0.05, 0) is 24.0 Å². The Bertz CT molecular complexity index is 430. The lowest BCUT2D eigenvalue weighted by Crippen LogP contribution is -2.50. The van der Waals surface area contributed by atoms with Gasteiger partial charge in [0.15, 0.2) is 0 Å². The van der Waals surface area contributed by atoms with E-state index in [-0.39, 0.29) is 12.1 Å². The van der Waals surface area contributed by atoms with Gasteiger partial charge in [-0.3, -0.25) is 4.79 Å². The molecule has 2 aliphatic rings. The Balaban J connectivity index is 2.05. The molecule has 3 rings (SSSR count). The van der Waals surface area contributed by atoms with Crippen molar-refractivity contribution in [3.8, 4) is 0 Å². The molecule has 2 bridgehead atoms. The molecule has 1 saturated heterocycles. The van der Waals surface area contributed by atoms with Crippen molar-refractivity contribution in [3.05, 3.63) is 35.4 Å². The van der Waals surface area contributed by atoms with E-state index < -0.39 is 0 Å². The summed E-state index contributed by atoms with van der Waals surface area (Å²) in [7, 11) is 0. The van der Waals surface area contributed by atoms with Crippen LogP contribution in [0.2, 0.25) is 0 Å². The molecule has 2 atom stereocenters. The number of nitrogens with two attached hydrogens (primary N) is 1. The van der Waals surface area contributed by atoms with Gasteiger partial charge in [-0.25, -0.2) is 0 Å². The van der Waals surface area contributed by atoms with Gasteiger partial charge in [0, 0.05) is 12.5 Å². The zero-order valence-corrected chi connectivity index (χ0v) is 9.23. The molecular formula is C13H16N2O. The summed E-state index contributed by atoms with van der Waals surface area (Å²) >= 11 is 0. The normalized spacial score (nSPS) is 28.6. The zero-order chi connectivity index (χ0) is 11.1. The molecule has 2 heterocycles. The summed E-state index contributed by atoms with van der Waals surface area (Å²) in [6, 6.07) is 8.30. The molecule has 1 fully saturated rings. The molecule has 16 heavy (non-hydrogen) atoms. The van der Waals surface area contributed by atoms with Gasteiger partial charge in [0.1, 0.15) is 0 Å². The Morgan fingerprint density at radius 2 is 2.06 bits per heavy atom. The summed E-state index contributed by atoms with van der Waals surface area (Å²) in [6.45, 7) is 0.803. The monoisotopic (exact) mass is 216 g/mol. The van der Waals surface area contributed by atoms with Gasteiger partial charge in [-0.2, -0.15) is 0 Å². The second-order valence-corrected chi connectivity index (χ2v) is 4.76. The van der Waals surface area contributed by atoms with Crippen molar-refractivity contribution in [1.82, 2.24) is 4.90 Å². The van der Waals surface area contributed by atoms with Crippen LogP contribution in [0.1, 0.15) is 29.9 Å². The van der Waals surface area contributed by atoms with Crippen LogP contribution in [-0.4, -0.2) is 23.5 Å². The molecule has 84 valence electrons. The third-order valence-electron chi connectivity index (χ3n) is 3.79. The quantitative estimate of drug-likeness (QED) is 0.709. The highest BCUT2D eigenvalue weighted by Crippen LogP contribution is 2.34. The first-order chi connectivity index (χ1) is 7.75. The van der Waals surface area contributed by atoms with Crippen LogP contribution in [0.5, 0.6) is 0 Å². The summed E-state index contributed by atoms with van der Waals surface area (Å²) in [6.07, 6.45) is 2.46. The topological polar surface area (TPSA) is 46.3 Å². The number of fused-ring (bicyclic) bond motifs is 4. The van der Waals surface area contributed by atoms with Crippen LogP contribution in [0, 0.1) is 0 Å². The summed E-state index contributed by atoms with van der Waals surface area (Å²) in [5.74, 6) is 0.671. The van der Waals surface area contributed by atoms with Gasteiger partial charge in [-0.15, -0.1) is 0 Å². The molecular weight excluding hydrogens is 200 g/mol. The predicted molar refractivity (Wildman–Crippen MR) is 61.8 cm³/mol. The fraction of sp³-hybridized carbons (Fsp3) is 0.462. The highest BCUT2D eigenvalue weighted by molar-refractivity contribution is 5.80. The smallest absolute Gasteiger partial charge is 0.228 e. The average Bonchev–Trinajstić information content (AvgIpc) is 2.41. The lowest BCUT2D eigenvalue weighted by Gasteiger charge is -2.36. The Hall–Kier alpha value is -1.35. The Morgan fingerprint density at radius 3 is 2.94 bits per heavy atom. The number of piperidine rings is 1. The van der Waals surface area contributed by atoms with E-state index in [1.54, 1.807) is 0 Å². The molecule has 1 amide bonds. The van der Waals surface area contributed by atoms with E-state index in [1.807, 2.05) is 11.0 Å². The Morgan fingerprint density at radius 1 is 1.25 bits per heavy atom. The molecule has 0 radical (unpaired) electrons. The summed E-state index contributed by atoms with van der Waals surface area (Å²) in [5.41, 5.74) is 8.53.